The zero-order valence-electron chi connectivity index (χ0n) is 20.8. The molecular formula is C21H44O7Si3. The van der Waals surface area contributed by atoms with Crippen molar-refractivity contribution in [3.63, 3.8) is 0 Å². The lowest BCUT2D eigenvalue weighted by atomic mass is 10.0. The predicted molar refractivity (Wildman–Crippen MR) is 129 cm³/mol. The standard InChI is InChI=1S/C21H44O7Si3/c1-9-21(4,28-30(7)20(2,3)27-29(6)14-11-13-25-5)31(8,24)15-10-12-17-16-18(22)26-19(17)23/h17,24,29-30H,9-16H2,1-8H3. The third-order valence-electron chi connectivity index (χ3n) is 6.87. The maximum absolute atomic E-state index is 11.7. The van der Waals surface area contributed by atoms with Gasteiger partial charge in [0, 0.05) is 13.7 Å². The van der Waals surface area contributed by atoms with Crippen LogP contribution in [0.5, 0.6) is 0 Å². The Morgan fingerprint density at radius 1 is 1.19 bits per heavy atom. The molecule has 182 valence electrons. The number of cyclic esters (lactones) is 2. The number of hydrogen-bond acceptors (Lipinski definition) is 7. The second kappa shape index (κ2) is 12.2. The van der Waals surface area contributed by atoms with E-state index in [1.807, 2.05) is 13.5 Å². The summed E-state index contributed by atoms with van der Waals surface area (Å²) in [7, 11) is -4.15. The molecule has 1 rings (SSSR count). The van der Waals surface area contributed by atoms with Crippen molar-refractivity contribution < 1.29 is 32.7 Å². The fourth-order valence-corrected chi connectivity index (χ4v) is 12.3. The van der Waals surface area contributed by atoms with E-state index in [9.17, 15) is 14.4 Å². The second-order valence-corrected chi connectivity index (χ2v) is 19.3. The van der Waals surface area contributed by atoms with Gasteiger partial charge in [-0.25, -0.2) is 0 Å². The lowest BCUT2D eigenvalue weighted by Gasteiger charge is -2.45. The van der Waals surface area contributed by atoms with E-state index < -0.39 is 43.6 Å². The quantitative estimate of drug-likeness (QED) is 0.162. The molecule has 0 bridgehead atoms. The number of hydrogen-bond donors (Lipinski definition) is 1. The summed E-state index contributed by atoms with van der Waals surface area (Å²) in [6.07, 6.45) is 3.16. The minimum Gasteiger partial charge on any atom is -0.429 e. The van der Waals surface area contributed by atoms with Gasteiger partial charge in [-0.1, -0.05) is 13.3 Å². The number of carbonyl (C=O) groups excluding carboxylic acids is 2. The van der Waals surface area contributed by atoms with Gasteiger partial charge >= 0.3 is 11.9 Å². The van der Waals surface area contributed by atoms with Crippen LogP contribution in [0.25, 0.3) is 0 Å². The van der Waals surface area contributed by atoms with Gasteiger partial charge < -0.3 is 23.1 Å². The Kier molecular flexibility index (Phi) is 11.3. The van der Waals surface area contributed by atoms with Gasteiger partial charge in [0.25, 0.3) is 0 Å². The van der Waals surface area contributed by atoms with Crippen molar-refractivity contribution in [2.24, 2.45) is 5.92 Å². The molecule has 31 heavy (non-hydrogen) atoms. The van der Waals surface area contributed by atoms with Gasteiger partial charge in [-0.3, -0.25) is 9.59 Å². The number of ether oxygens (including phenoxy) is 2. The highest BCUT2D eigenvalue weighted by Gasteiger charge is 2.48. The first-order valence-corrected chi connectivity index (χ1v) is 18.9. The van der Waals surface area contributed by atoms with Crippen molar-refractivity contribution in [1.29, 1.82) is 0 Å². The summed E-state index contributed by atoms with van der Waals surface area (Å²) in [5.74, 6) is -1.23. The minimum absolute atomic E-state index is 0.159. The molecule has 1 aliphatic rings. The van der Waals surface area contributed by atoms with Crippen LogP contribution in [0.15, 0.2) is 0 Å². The highest BCUT2D eigenvalue weighted by atomic mass is 28.4. The van der Waals surface area contributed by atoms with Gasteiger partial charge in [0.15, 0.2) is 9.04 Å². The van der Waals surface area contributed by atoms with Crippen LogP contribution < -0.4 is 0 Å². The summed E-state index contributed by atoms with van der Waals surface area (Å²) in [6.45, 7) is 15.4. The molecule has 0 aliphatic carbocycles. The van der Waals surface area contributed by atoms with E-state index in [0.29, 0.717) is 18.9 Å². The van der Waals surface area contributed by atoms with Gasteiger partial charge in [0.1, 0.15) is 0 Å². The highest BCUT2D eigenvalue weighted by molar-refractivity contribution is 6.75. The normalized spacial score (nSPS) is 23.2. The largest absolute Gasteiger partial charge is 0.429 e. The Morgan fingerprint density at radius 3 is 2.35 bits per heavy atom. The van der Waals surface area contributed by atoms with Crippen molar-refractivity contribution in [3.8, 4) is 0 Å². The summed E-state index contributed by atoms with van der Waals surface area (Å²) < 4.78 is 23.0. The first-order chi connectivity index (χ1) is 14.3. The van der Waals surface area contributed by atoms with Crippen molar-refractivity contribution in [3.05, 3.63) is 0 Å². The number of methoxy groups -OCH3 is 1. The van der Waals surface area contributed by atoms with E-state index in [-0.39, 0.29) is 17.6 Å². The molecule has 0 spiro atoms. The Morgan fingerprint density at radius 2 is 1.84 bits per heavy atom. The van der Waals surface area contributed by atoms with Gasteiger partial charge in [-0.2, -0.15) is 0 Å². The molecule has 7 nitrogen and oxygen atoms in total. The molecule has 0 radical (unpaired) electrons. The number of carbonyl (C=O) groups is 2. The summed E-state index contributed by atoms with van der Waals surface area (Å²) >= 11 is 0. The zero-order valence-corrected chi connectivity index (χ0v) is 24.1. The molecule has 0 amide bonds. The van der Waals surface area contributed by atoms with Crippen molar-refractivity contribution in [1.82, 2.24) is 0 Å². The van der Waals surface area contributed by atoms with Gasteiger partial charge in [0.05, 0.1) is 22.8 Å². The van der Waals surface area contributed by atoms with Crippen LogP contribution in [0, 0.1) is 5.92 Å². The summed E-state index contributed by atoms with van der Waals surface area (Å²) in [5, 5.41) is -0.889. The molecule has 1 fully saturated rings. The molecule has 0 aromatic rings. The van der Waals surface area contributed by atoms with Gasteiger partial charge in [0.2, 0.25) is 17.4 Å². The van der Waals surface area contributed by atoms with Crippen molar-refractivity contribution in [2.45, 2.75) is 102 Å². The number of esters is 2. The average molecular weight is 493 g/mol. The molecule has 1 N–H and O–H groups in total. The van der Waals surface area contributed by atoms with E-state index >= 15 is 0 Å². The average Bonchev–Trinajstić information content (AvgIpc) is 2.98. The first kappa shape index (κ1) is 28.7. The lowest BCUT2D eigenvalue weighted by molar-refractivity contribution is -0.153. The van der Waals surface area contributed by atoms with Crippen LogP contribution in [-0.2, 0) is 27.9 Å². The molecular weight excluding hydrogens is 448 g/mol. The molecule has 0 saturated carbocycles. The molecule has 1 heterocycles. The van der Waals surface area contributed by atoms with Gasteiger partial charge in [-0.15, -0.1) is 0 Å². The molecule has 5 unspecified atom stereocenters. The minimum atomic E-state index is -2.76. The molecule has 1 aliphatic heterocycles. The van der Waals surface area contributed by atoms with Crippen LogP contribution in [-0.4, -0.2) is 67.3 Å². The monoisotopic (exact) mass is 492 g/mol. The van der Waals surface area contributed by atoms with Crippen LogP contribution in [0.4, 0.5) is 0 Å². The van der Waals surface area contributed by atoms with Gasteiger partial charge in [-0.05, 0) is 71.8 Å². The molecule has 10 heteroatoms. The molecule has 1 saturated heterocycles. The van der Waals surface area contributed by atoms with E-state index in [1.165, 1.54) is 0 Å². The lowest BCUT2D eigenvalue weighted by Crippen LogP contribution is -2.61. The molecule has 0 aromatic carbocycles. The molecule has 5 atom stereocenters. The summed E-state index contributed by atoms with van der Waals surface area (Å²) in [5.41, 5.74) is 0. The highest BCUT2D eigenvalue weighted by Crippen LogP contribution is 2.35. The van der Waals surface area contributed by atoms with Crippen LogP contribution in [0.3, 0.4) is 0 Å². The van der Waals surface area contributed by atoms with E-state index in [0.717, 1.165) is 25.5 Å². The fourth-order valence-electron chi connectivity index (χ4n) is 4.01. The Balaban J connectivity index is 2.67. The van der Waals surface area contributed by atoms with Crippen molar-refractivity contribution >= 4 is 38.3 Å². The zero-order chi connectivity index (χ0) is 23.9. The van der Waals surface area contributed by atoms with E-state index in [4.69, 9.17) is 13.6 Å². The predicted octanol–water partition coefficient (Wildman–Crippen LogP) is 3.23. The Labute approximate surface area is 192 Å². The third-order valence-corrected chi connectivity index (χ3v) is 16.7. The van der Waals surface area contributed by atoms with Crippen molar-refractivity contribution in [2.75, 3.05) is 13.7 Å². The summed E-state index contributed by atoms with van der Waals surface area (Å²) in [4.78, 5) is 34.4. The maximum Gasteiger partial charge on any atom is 0.317 e. The first-order valence-electron chi connectivity index (χ1n) is 11.6. The third kappa shape index (κ3) is 8.49. The number of rotatable bonds is 15. The van der Waals surface area contributed by atoms with Crippen LogP contribution in [0.2, 0.25) is 31.7 Å². The van der Waals surface area contributed by atoms with E-state index in [2.05, 4.69) is 38.6 Å². The Bertz CT molecular complexity index is 600. The SMILES string of the molecule is CCC(C)(O[SiH](C)C(C)(C)O[SiH](C)CCCOC)[Si](C)(O)CCCC1CC(=O)OC1=O. The topological polar surface area (TPSA) is 91.3 Å². The van der Waals surface area contributed by atoms with Crippen LogP contribution >= 0.6 is 0 Å². The fraction of sp³-hybridized carbons (Fsp3) is 0.905. The molecule has 0 aromatic heterocycles. The van der Waals surface area contributed by atoms with E-state index in [1.54, 1.807) is 7.11 Å². The van der Waals surface area contributed by atoms with Crippen LogP contribution in [0.1, 0.15) is 59.8 Å². The maximum atomic E-state index is 11.7. The smallest absolute Gasteiger partial charge is 0.317 e. The Hall–Kier alpha value is -0.369. The summed E-state index contributed by atoms with van der Waals surface area (Å²) in [6, 6.07) is 1.70. The second-order valence-electron chi connectivity index (χ2n) is 9.87.